The van der Waals surface area contributed by atoms with E-state index in [1.807, 2.05) is 6.92 Å². The van der Waals surface area contributed by atoms with Gasteiger partial charge in [-0.05, 0) is 6.92 Å². The number of hydrogen-bond donors (Lipinski definition) is 4. The molecule has 0 aliphatic carbocycles. The van der Waals surface area contributed by atoms with Crippen LogP contribution in [0.5, 0.6) is 0 Å². The van der Waals surface area contributed by atoms with Gasteiger partial charge in [0, 0.05) is 51.8 Å². The van der Waals surface area contributed by atoms with Crippen LogP contribution in [0.15, 0.2) is 6.20 Å². The third-order valence-electron chi connectivity index (χ3n) is 2.55. The lowest BCUT2D eigenvalue weighted by Gasteiger charge is -2.11. The largest absolute Gasteiger partial charge is 0.368 e. The monoisotopic (exact) mass is 294 g/mol. The summed E-state index contributed by atoms with van der Waals surface area (Å²) in [5.74, 6) is 1.09. The maximum absolute atomic E-state index is 10.8. The first kappa shape index (κ1) is 16.7. The van der Waals surface area contributed by atoms with Gasteiger partial charge in [0.05, 0.1) is 0 Å². The molecular weight excluding hydrogens is 272 g/mol. The number of aryl methyl sites for hydroxylation is 1. The fourth-order valence-electron chi connectivity index (χ4n) is 1.54. The van der Waals surface area contributed by atoms with Crippen LogP contribution >= 0.6 is 0 Å². The molecule has 0 radical (unpaired) electrons. The first-order valence-corrected chi connectivity index (χ1v) is 6.79. The fourth-order valence-corrected chi connectivity index (χ4v) is 1.54. The number of carbonyl (C=O) groups excluding carboxylic acids is 2. The summed E-state index contributed by atoms with van der Waals surface area (Å²) in [5.41, 5.74) is 0.922. The van der Waals surface area contributed by atoms with Gasteiger partial charge in [0.25, 0.3) is 0 Å². The predicted octanol–water partition coefficient (Wildman–Crippen LogP) is -0.119. The molecule has 0 unspecified atom stereocenters. The normalized spacial score (nSPS) is 9.86. The minimum Gasteiger partial charge on any atom is -0.368 e. The Morgan fingerprint density at radius 2 is 1.57 bits per heavy atom. The van der Waals surface area contributed by atoms with Crippen molar-refractivity contribution < 1.29 is 9.59 Å². The van der Waals surface area contributed by atoms with Crippen LogP contribution in [-0.2, 0) is 9.59 Å². The molecule has 1 heterocycles. The van der Waals surface area contributed by atoms with Gasteiger partial charge in [-0.25, -0.2) is 4.98 Å². The summed E-state index contributed by atoms with van der Waals surface area (Å²) in [7, 11) is 0. The van der Waals surface area contributed by atoms with Gasteiger partial charge < -0.3 is 21.3 Å². The van der Waals surface area contributed by atoms with E-state index < -0.39 is 0 Å². The summed E-state index contributed by atoms with van der Waals surface area (Å²) < 4.78 is 0. The van der Waals surface area contributed by atoms with E-state index in [-0.39, 0.29) is 11.8 Å². The molecule has 1 aromatic heterocycles. The second-order valence-corrected chi connectivity index (χ2v) is 4.54. The van der Waals surface area contributed by atoms with Crippen molar-refractivity contribution in [2.24, 2.45) is 0 Å². The zero-order chi connectivity index (χ0) is 15.7. The Morgan fingerprint density at radius 3 is 2.14 bits per heavy atom. The molecule has 0 saturated carbocycles. The van der Waals surface area contributed by atoms with E-state index in [1.165, 1.54) is 13.8 Å². The topological polar surface area (TPSA) is 108 Å². The quantitative estimate of drug-likeness (QED) is 0.498. The predicted molar refractivity (Wildman–Crippen MR) is 81.1 cm³/mol. The van der Waals surface area contributed by atoms with Crippen LogP contribution in [0.25, 0.3) is 0 Å². The Labute approximate surface area is 124 Å². The van der Waals surface area contributed by atoms with Crippen LogP contribution < -0.4 is 21.3 Å². The lowest BCUT2D eigenvalue weighted by atomic mass is 10.3. The Bertz CT molecular complexity index is 492. The van der Waals surface area contributed by atoms with Crippen LogP contribution in [0.3, 0.4) is 0 Å². The first-order chi connectivity index (χ1) is 9.99. The summed E-state index contributed by atoms with van der Waals surface area (Å²) in [4.78, 5) is 30.0. The van der Waals surface area contributed by atoms with Crippen molar-refractivity contribution in [3.8, 4) is 0 Å². The number of nitrogens with one attached hydrogen (secondary N) is 4. The summed E-state index contributed by atoms with van der Waals surface area (Å²) in [6.07, 6.45) is 1.72. The molecule has 0 bridgehead atoms. The number of nitrogens with zero attached hydrogens (tertiary/aromatic N) is 2. The van der Waals surface area contributed by atoms with E-state index in [0.29, 0.717) is 32.1 Å². The Kier molecular flexibility index (Phi) is 6.93. The average Bonchev–Trinajstić information content (AvgIpc) is 2.42. The SMILES string of the molecule is CC(=O)NCCNc1ncc(C)c(NCCNC(C)=O)n1. The van der Waals surface area contributed by atoms with E-state index in [0.717, 1.165) is 11.4 Å². The van der Waals surface area contributed by atoms with Crippen LogP contribution in [0.4, 0.5) is 11.8 Å². The summed E-state index contributed by atoms with van der Waals surface area (Å²) in [6, 6.07) is 0. The molecule has 2 amide bonds. The molecule has 8 heteroatoms. The van der Waals surface area contributed by atoms with Gasteiger partial charge in [-0.3, -0.25) is 9.59 Å². The van der Waals surface area contributed by atoms with E-state index in [4.69, 9.17) is 0 Å². The maximum atomic E-state index is 10.8. The van der Waals surface area contributed by atoms with Gasteiger partial charge in [0.1, 0.15) is 5.82 Å². The first-order valence-electron chi connectivity index (χ1n) is 6.79. The highest BCUT2D eigenvalue weighted by Crippen LogP contribution is 2.11. The van der Waals surface area contributed by atoms with Crippen LogP contribution in [0.2, 0.25) is 0 Å². The molecule has 1 aromatic rings. The standard InChI is InChI=1S/C13H22N6O2/c1-9-8-18-13(17-7-5-15-11(3)21)19-12(9)16-6-4-14-10(2)20/h8H,4-7H2,1-3H3,(H,14,20)(H,15,21)(H2,16,17,18,19). The highest BCUT2D eigenvalue weighted by Gasteiger charge is 2.03. The molecule has 21 heavy (non-hydrogen) atoms. The Hall–Kier alpha value is -2.38. The van der Waals surface area contributed by atoms with Crippen molar-refractivity contribution >= 4 is 23.6 Å². The van der Waals surface area contributed by atoms with Gasteiger partial charge >= 0.3 is 0 Å². The molecule has 0 spiro atoms. The molecule has 0 saturated heterocycles. The third-order valence-corrected chi connectivity index (χ3v) is 2.55. The number of hydrogen-bond acceptors (Lipinski definition) is 6. The van der Waals surface area contributed by atoms with E-state index in [2.05, 4.69) is 31.2 Å². The number of anilines is 2. The van der Waals surface area contributed by atoms with Gasteiger partial charge in [-0.2, -0.15) is 4.98 Å². The van der Waals surface area contributed by atoms with Gasteiger partial charge in [0.15, 0.2) is 0 Å². The zero-order valence-electron chi connectivity index (χ0n) is 12.6. The molecule has 0 atom stereocenters. The van der Waals surface area contributed by atoms with Crippen molar-refractivity contribution in [2.75, 3.05) is 36.8 Å². The highest BCUT2D eigenvalue weighted by molar-refractivity contribution is 5.73. The molecule has 4 N–H and O–H groups in total. The summed E-state index contributed by atoms with van der Waals surface area (Å²) in [5, 5.41) is 11.6. The number of amides is 2. The molecule has 1 rings (SSSR count). The van der Waals surface area contributed by atoms with Crippen molar-refractivity contribution in [3.05, 3.63) is 11.8 Å². The van der Waals surface area contributed by atoms with E-state index >= 15 is 0 Å². The molecular formula is C13H22N6O2. The Balaban J connectivity index is 2.43. The van der Waals surface area contributed by atoms with Gasteiger partial charge in [-0.15, -0.1) is 0 Å². The van der Waals surface area contributed by atoms with Crippen molar-refractivity contribution in [1.82, 2.24) is 20.6 Å². The molecule has 0 aromatic carbocycles. The minimum atomic E-state index is -0.0676. The fraction of sp³-hybridized carbons (Fsp3) is 0.538. The average molecular weight is 294 g/mol. The number of rotatable bonds is 8. The van der Waals surface area contributed by atoms with E-state index in [1.54, 1.807) is 6.20 Å². The third kappa shape index (κ3) is 7.09. The van der Waals surface area contributed by atoms with E-state index in [9.17, 15) is 9.59 Å². The van der Waals surface area contributed by atoms with Crippen molar-refractivity contribution in [2.45, 2.75) is 20.8 Å². The van der Waals surface area contributed by atoms with Crippen LogP contribution in [-0.4, -0.2) is 48.0 Å². The zero-order valence-corrected chi connectivity index (χ0v) is 12.6. The van der Waals surface area contributed by atoms with Crippen LogP contribution in [0.1, 0.15) is 19.4 Å². The minimum absolute atomic E-state index is 0.0588. The molecule has 0 aliphatic heterocycles. The smallest absolute Gasteiger partial charge is 0.224 e. The summed E-state index contributed by atoms with van der Waals surface area (Å²) in [6.45, 7) is 7.03. The lowest BCUT2D eigenvalue weighted by Crippen LogP contribution is -2.27. The lowest BCUT2D eigenvalue weighted by molar-refractivity contribution is -0.119. The Morgan fingerprint density at radius 1 is 1.00 bits per heavy atom. The van der Waals surface area contributed by atoms with Crippen molar-refractivity contribution in [1.29, 1.82) is 0 Å². The number of carbonyl (C=O) groups is 2. The second-order valence-electron chi connectivity index (χ2n) is 4.54. The highest BCUT2D eigenvalue weighted by atomic mass is 16.2. The number of aromatic nitrogens is 2. The molecule has 116 valence electrons. The van der Waals surface area contributed by atoms with Gasteiger partial charge in [0.2, 0.25) is 17.8 Å². The molecule has 0 fully saturated rings. The molecule has 0 aliphatic rings. The van der Waals surface area contributed by atoms with Crippen molar-refractivity contribution in [3.63, 3.8) is 0 Å². The van der Waals surface area contributed by atoms with Gasteiger partial charge in [-0.1, -0.05) is 0 Å². The van der Waals surface area contributed by atoms with Crippen LogP contribution in [0, 0.1) is 6.92 Å². The second kappa shape index (κ2) is 8.72. The summed E-state index contributed by atoms with van der Waals surface area (Å²) >= 11 is 0. The molecule has 8 nitrogen and oxygen atoms in total. The maximum Gasteiger partial charge on any atom is 0.224 e.